The van der Waals surface area contributed by atoms with E-state index >= 15 is 0 Å². The van der Waals surface area contributed by atoms with Gasteiger partial charge in [0.1, 0.15) is 5.82 Å². The van der Waals surface area contributed by atoms with Crippen molar-refractivity contribution >= 4 is 0 Å². The molecular formula is C16H21F4N. The number of rotatable bonds is 7. The molecule has 1 aromatic carbocycles. The molecule has 1 aliphatic carbocycles. The third-order valence-electron chi connectivity index (χ3n) is 3.91. The maximum absolute atomic E-state index is 14.2. The van der Waals surface area contributed by atoms with Gasteiger partial charge < -0.3 is 5.32 Å². The van der Waals surface area contributed by atoms with Crippen LogP contribution in [0.15, 0.2) is 18.2 Å². The zero-order chi connectivity index (χ0) is 15.5. The van der Waals surface area contributed by atoms with Gasteiger partial charge in [-0.05, 0) is 37.8 Å². The van der Waals surface area contributed by atoms with Gasteiger partial charge in [0.15, 0.2) is 0 Å². The molecule has 0 radical (unpaired) electrons. The number of benzene rings is 1. The number of hydrogen-bond donors (Lipinski definition) is 1. The van der Waals surface area contributed by atoms with Gasteiger partial charge in [-0.3, -0.25) is 0 Å². The van der Waals surface area contributed by atoms with E-state index in [4.69, 9.17) is 0 Å². The van der Waals surface area contributed by atoms with Crippen LogP contribution in [-0.4, -0.2) is 6.54 Å². The van der Waals surface area contributed by atoms with Crippen molar-refractivity contribution in [3.8, 4) is 0 Å². The Balaban J connectivity index is 2.20. The van der Waals surface area contributed by atoms with Crippen LogP contribution in [0, 0.1) is 11.7 Å². The summed E-state index contributed by atoms with van der Waals surface area (Å²) in [4.78, 5) is 0. The van der Waals surface area contributed by atoms with Gasteiger partial charge in [-0.15, -0.1) is 0 Å². The van der Waals surface area contributed by atoms with Crippen LogP contribution in [0.25, 0.3) is 0 Å². The Bertz CT molecular complexity index is 466. The number of alkyl halides is 3. The van der Waals surface area contributed by atoms with E-state index < -0.39 is 17.6 Å². The first kappa shape index (κ1) is 16.3. The Morgan fingerprint density at radius 2 is 2.00 bits per heavy atom. The highest BCUT2D eigenvalue weighted by atomic mass is 19.4. The Hall–Kier alpha value is -1.10. The first-order valence-corrected chi connectivity index (χ1v) is 7.52. The summed E-state index contributed by atoms with van der Waals surface area (Å²) in [5, 5.41) is 3.18. The Labute approximate surface area is 122 Å². The number of hydrogen-bond acceptors (Lipinski definition) is 1. The Morgan fingerprint density at radius 3 is 2.57 bits per heavy atom. The quantitative estimate of drug-likeness (QED) is 0.693. The topological polar surface area (TPSA) is 12.0 Å². The molecule has 1 fully saturated rings. The summed E-state index contributed by atoms with van der Waals surface area (Å²) in [6, 6.07) is 3.22. The molecular weight excluding hydrogens is 282 g/mol. The van der Waals surface area contributed by atoms with Gasteiger partial charge in [0, 0.05) is 11.6 Å². The molecule has 1 saturated carbocycles. The van der Waals surface area contributed by atoms with Gasteiger partial charge in [-0.1, -0.05) is 31.9 Å². The maximum atomic E-state index is 14.2. The summed E-state index contributed by atoms with van der Waals surface area (Å²) in [5.41, 5.74) is -1.03. The van der Waals surface area contributed by atoms with Gasteiger partial charge in [0.05, 0.1) is 5.56 Å². The van der Waals surface area contributed by atoms with Crippen LogP contribution in [0.3, 0.4) is 0 Å². The summed E-state index contributed by atoms with van der Waals surface area (Å²) in [5.74, 6) is -0.459. The fraction of sp³-hybridized carbons (Fsp3) is 0.625. The number of nitrogens with one attached hydrogen (secondary N) is 1. The third-order valence-corrected chi connectivity index (χ3v) is 3.91. The molecule has 1 aromatic rings. The highest BCUT2D eigenvalue weighted by Gasteiger charge is 2.35. The first-order valence-electron chi connectivity index (χ1n) is 7.52. The zero-order valence-corrected chi connectivity index (χ0v) is 12.1. The molecule has 0 amide bonds. The lowest BCUT2D eigenvalue weighted by Crippen LogP contribution is -2.24. The normalized spacial score (nSPS) is 17.0. The van der Waals surface area contributed by atoms with E-state index in [-0.39, 0.29) is 11.6 Å². The second kappa shape index (κ2) is 6.77. The van der Waals surface area contributed by atoms with Crippen molar-refractivity contribution in [3.05, 3.63) is 35.1 Å². The van der Waals surface area contributed by atoms with Gasteiger partial charge in [0.2, 0.25) is 0 Å². The zero-order valence-electron chi connectivity index (χ0n) is 12.1. The fourth-order valence-corrected chi connectivity index (χ4v) is 2.53. The van der Waals surface area contributed by atoms with Crippen LogP contribution in [0.4, 0.5) is 17.6 Å². The molecule has 0 aromatic heterocycles. The average molecular weight is 303 g/mol. The molecule has 1 N–H and O–H groups in total. The van der Waals surface area contributed by atoms with Crippen molar-refractivity contribution in [2.24, 2.45) is 5.92 Å². The molecule has 118 valence electrons. The molecule has 1 atom stereocenters. The first-order chi connectivity index (χ1) is 9.93. The predicted octanol–water partition coefficient (Wildman–Crippen LogP) is 5.08. The van der Waals surface area contributed by atoms with Gasteiger partial charge in [0.25, 0.3) is 0 Å². The van der Waals surface area contributed by atoms with E-state index in [0.29, 0.717) is 18.9 Å². The molecule has 21 heavy (non-hydrogen) atoms. The van der Waals surface area contributed by atoms with Crippen LogP contribution < -0.4 is 5.32 Å². The van der Waals surface area contributed by atoms with E-state index in [0.717, 1.165) is 18.9 Å². The van der Waals surface area contributed by atoms with E-state index in [2.05, 4.69) is 5.32 Å². The summed E-state index contributed by atoms with van der Waals surface area (Å²) >= 11 is 0. The van der Waals surface area contributed by atoms with Crippen LogP contribution in [0.2, 0.25) is 0 Å². The molecule has 1 nitrogen and oxygen atoms in total. The van der Waals surface area contributed by atoms with Crippen LogP contribution in [-0.2, 0) is 6.18 Å². The Morgan fingerprint density at radius 1 is 1.29 bits per heavy atom. The largest absolute Gasteiger partial charge is 0.419 e. The van der Waals surface area contributed by atoms with Crippen molar-refractivity contribution < 1.29 is 17.6 Å². The molecule has 0 saturated heterocycles. The Kier molecular flexibility index (Phi) is 5.25. The SMILES string of the molecule is CCCNC(CCC1CC1)c1cccc(C(F)(F)F)c1F. The second-order valence-corrected chi connectivity index (χ2v) is 5.73. The van der Waals surface area contributed by atoms with Crippen LogP contribution in [0.5, 0.6) is 0 Å². The summed E-state index contributed by atoms with van der Waals surface area (Å²) in [6.07, 6.45) is 0.212. The van der Waals surface area contributed by atoms with Crippen molar-refractivity contribution in [1.82, 2.24) is 5.32 Å². The lowest BCUT2D eigenvalue weighted by atomic mass is 9.97. The minimum atomic E-state index is -4.65. The molecule has 0 spiro atoms. The summed E-state index contributed by atoms with van der Waals surface area (Å²) in [6.45, 7) is 2.65. The molecule has 1 unspecified atom stereocenters. The second-order valence-electron chi connectivity index (χ2n) is 5.73. The highest BCUT2D eigenvalue weighted by molar-refractivity contribution is 5.30. The third kappa shape index (κ3) is 4.43. The minimum Gasteiger partial charge on any atom is -0.310 e. The summed E-state index contributed by atoms with van der Waals surface area (Å²) in [7, 11) is 0. The molecule has 2 rings (SSSR count). The van der Waals surface area contributed by atoms with Gasteiger partial charge in [-0.25, -0.2) is 4.39 Å². The lowest BCUT2D eigenvalue weighted by molar-refractivity contribution is -0.140. The molecule has 1 aliphatic rings. The molecule has 0 heterocycles. The minimum absolute atomic E-state index is 0.138. The van der Waals surface area contributed by atoms with E-state index in [9.17, 15) is 17.6 Å². The van der Waals surface area contributed by atoms with E-state index in [1.54, 1.807) is 0 Å². The summed E-state index contributed by atoms with van der Waals surface area (Å²) < 4.78 is 52.6. The standard InChI is InChI=1S/C16H21F4N/c1-2-10-21-14(9-8-11-6-7-11)12-4-3-5-13(15(12)17)16(18,19)20/h3-5,11,14,21H,2,6-10H2,1H3. The number of halogens is 4. The lowest BCUT2D eigenvalue weighted by Gasteiger charge is -2.21. The van der Waals surface area contributed by atoms with E-state index in [1.807, 2.05) is 6.92 Å². The van der Waals surface area contributed by atoms with Gasteiger partial charge >= 0.3 is 6.18 Å². The van der Waals surface area contributed by atoms with Crippen LogP contribution >= 0.6 is 0 Å². The smallest absolute Gasteiger partial charge is 0.310 e. The van der Waals surface area contributed by atoms with Crippen LogP contribution in [0.1, 0.15) is 56.2 Å². The average Bonchev–Trinajstić information content (AvgIpc) is 3.22. The van der Waals surface area contributed by atoms with Crippen molar-refractivity contribution in [1.29, 1.82) is 0 Å². The highest BCUT2D eigenvalue weighted by Crippen LogP contribution is 2.38. The predicted molar refractivity (Wildman–Crippen MR) is 74.4 cm³/mol. The maximum Gasteiger partial charge on any atom is 0.419 e. The molecule has 5 heteroatoms. The van der Waals surface area contributed by atoms with Crippen molar-refractivity contribution in [2.75, 3.05) is 6.54 Å². The fourth-order valence-electron chi connectivity index (χ4n) is 2.53. The van der Waals surface area contributed by atoms with Crippen molar-refractivity contribution in [3.63, 3.8) is 0 Å². The molecule has 0 aliphatic heterocycles. The van der Waals surface area contributed by atoms with E-state index in [1.165, 1.54) is 25.0 Å². The van der Waals surface area contributed by atoms with Crippen molar-refractivity contribution in [2.45, 2.75) is 51.2 Å². The van der Waals surface area contributed by atoms with Gasteiger partial charge in [-0.2, -0.15) is 13.2 Å². The molecule has 0 bridgehead atoms. The monoisotopic (exact) mass is 303 g/mol.